The van der Waals surface area contributed by atoms with Gasteiger partial charge >= 0.3 is 0 Å². The Balaban J connectivity index is 3.16. The third kappa shape index (κ3) is 8.43. The van der Waals surface area contributed by atoms with E-state index in [1.807, 2.05) is 0 Å². The largest absolute Gasteiger partial charge is 0.333 e. The first-order valence-corrected chi connectivity index (χ1v) is 8.48. The Morgan fingerprint density at radius 3 is 2.31 bits per heavy atom. The molecule has 0 aliphatic rings. The maximum absolute atomic E-state index is 5.66. The molecule has 0 amide bonds. The molecule has 80 valence electrons. The van der Waals surface area contributed by atoms with Crippen molar-refractivity contribution in [1.82, 2.24) is 0 Å². The van der Waals surface area contributed by atoms with E-state index in [0.717, 1.165) is 19.0 Å². The summed E-state index contributed by atoms with van der Waals surface area (Å²) in [4.78, 5) is 9.91. The Kier molecular flexibility index (Phi) is 7.55. The minimum absolute atomic E-state index is 0.692. The number of hydrogen-bond donors (Lipinski definition) is 1. The van der Waals surface area contributed by atoms with Crippen LogP contribution in [-0.4, -0.2) is 27.5 Å². The van der Waals surface area contributed by atoms with Gasteiger partial charge in [-0.05, 0) is 19.0 Å². The van der Waals surface area contributed by atoms with E-state index in [1.54, 1.807) is 0 Å². The van der Waals surface area contributed by atoms with Gasteiger partial charge < -0.3 is 5.73 Å². The minimum Gasteiger partial charge on any atom is -0.333 e. The van der Waals surface area contributed by atoms with Gasteiger partial charge in [-0.3, -0.25) is 0 Å². The van der Waals surface area contributed by atoms with Crippen molar-refractivity contribution >= 4 is 8.07 Å². The summed E-state index contributed by atoms with van der Waals surface area (Å²) in [5.41, 5.74) is 5.66. The zero-order chi connectivity index (χ0) is 10.2. The number of nitrogens with two attached hydrogens (primary N) is 1. The van der Waals surface area contributed by atoms with E-state index in [1.165, 1.54) is 6.04 Å². The molecular formula is C9H23NO2Si. The standard InChI is InChI=1S/C9H23NO2Si/c1-4-6-11-12-7-5-8-13(2,3)9-10/h4-10H2,1-3H3. The molecule has 3 nitrogen and oxygen atoms in total. The summed E-state index contributed by atoms with van der Waals surface area (Å²) in [5.74, 6) is 0. The summed E-state index contributed by atoms with van der Waals surface area (Å²) in [6.07, 6.45) is 2.94. The second-order valence-corrected chi connectivity index (χ2v) is 9.35. The third-order valence-corrected chi connectivity index (χ3v) is 4.82. The molecule has 0 rings (SSSR count). The van der Waals surface area contributed by atoms with Crippen LogP contribution in [0.1, 0.15) is 19.8 Å². The molecule has 0 heterocycles. The van der Waals surface area contributed by atoms with Crippen LogP contribution in [0.2, 0.25) is 19.1 Å². The maximum atomic E-state index is 5.66. The Hall–Kier alpha value is 0.0969. The highest BCUT2D eigenvalue weighted by Crippen LogP contribution is 2.09. The predicted molar refractivity (Wildman–Crippen MR) is 58.2 cm³/mol. The van der Waals surface area contributed by atoms with Crippen molar-refractivity contribution in [3.8, 4) is 0 Å². The maximum Gasteiger partial charge on any atom is 0.0819 e. The molecule has 0 bridgehead atoms. The molecule has 4 heteroatoms. The lowest BCUT2D eigenvalue weighted by Crippen LogP contribution is -2.36. The summed E-state index contributed by atoms with van der Waals surface area (Å²) in [6.45, 7) is 8.07. The predicted octanol–water partition coefficient (Wildman–Crippen LogP) is 1.94. The van der Waals surface area contributed by atoms with Gasteiger partial charge in [0.2, 0.25) is 0 Å². The van der Waals surface area contributed by atoms with Crippen molar-refractivity contribution in [2.24, 2.45) is 5.73 Å². The average molecular weight is 205 g/mol. The molecule has 13 heavy (non-hydrogen) atoms. The first-order chi connectivity index (χ1) is 6.12. The molecule has 0 aliphatic carbocycles. The average Bonchev–Trinajstić information content (AvgIpc) is 2.11. The lowest BCUT2D eigenvalue weighted by atomic mass is 10.5. The molecule has 0 atom stereocenters. The highest BCUT2D eigenvalue weighted by atomic mass is 28.3. The van der Waals surface area contributed by atoms with Crippen LogP contribution >= 0.6 is 0 Å². The van der Waals surface area contributed by atoms with Gasteiger partial charge in [0, 0.05) is 0 Å². The van der Waals surface area contributed by atoms with Crippen LogP contribution in [0, 0.1) is 0 Å². The fourth-order valence-corrected chi connectivity index (χ4v) is 2.22. The van der Waals surface area contributed by atoms with Crippen LogP contribution in [0.3, 0.4) is 0 Å². The van der Waals surface area contributed by atoms with E-state index in [0.29, 0.717) is 13.2 Å². The van der Waals surface area contributed by atoms with Crippen molar-refractivity contribution in [2.75, 3.05) is 19.4 Å². The topological polar surface area (TPSA) is 44.5 Å². The van der Waals surface area contributed by atoms with E-state index >= 15 is 0 Å². The lowest BCUT2D eigenvalue weighted by molar-refractivity contribution is -0.294. The van der Waals surface area contributed by atoms with Crippen LogP contribution in [0.4, 0.5) is 0 Å². The Morgan fingerprint density at radius 1 is 1.15 bits per heavy atom. The van der Waals surface area contributed by atoms with Crippen molar-refractivity contribution in [3.05, 3.63) is 0 Å². The molecule has 0 aromatic carbocycles. The van der Waals surface area contributed by atoms with E-state index in [4.69, 9.17) is 15.5 Å². The van der Waals surface area contributed by atoms with Crippen LogP contribution in [-0.2, 0) is 9.78 Å². The van der Waals surface area contributed by atoms with Gasteiger partial charge in [-0.1, -0.05) is 26.1 Å². The SMILES string of the molecule is CCCOOCCC[Si](C)(C)CN. The molecule has 0 saturated heterocycles. The fraction of sp³-hybridized carbons (Fsp3) is 1.00. The number of hydrogen-bond acceptors (Lipinski definition) is 3. The molecule has 0 unspecified atom stereocenters. The van der Waals surface area contributed by atoms with Gasteiger partial charge in [0.1, 0.15) is 0 Å². The summed E-state index contributed by atoms with van der Waals surface area (Å²) < 4.78 is 0. The van der Waals surface area contributed by atoms with Gasteiger partial charge in [0.25, 0.3) is 0 Å². The van der Waals surface area contributed by atoms with E-state index in [-0.39, 0.29) is 0 Å². The zero-order valence-corrected chi connectivity index (χ0v) is 10.1. The first kappa shape index (κ1) is 13.1. The second-order valence-electron chi connectivity index (χ2n) is 4.12. The third-order valence-electron chi connectivity index (χ3n) is 2.00. The van der Waals surface area contributed by atoms with Gasteiger partial charge in [-0.25, -0.2) is 9.78 Å². The van der Waals surface area contributed by atoms with Crippen molar-refractivity contribution in [2.45, 2.75) is 38.9 Å². The van der Waals surface area contributed by atoms with Gasteiger partial charge in [0.05, 0.1) is 21.3 Å². The molecule has 2 N–H and O–H groups in total. The summed E-state index contributed by atoms with van der Waals surface area (Å²) >= 11 is 0. The van der Waals surface area contributed by atoms with Crippen molar-refractivity contribution < 1.29 is 9.78 Å². The molecule has 0 saturated carbocycles. The molecule has 0 aliphatic heterocycles. The van der Waals surface area contributed by atoms with Crippen LogP contribution in [0.15, 0.2) is 0 Å². The molecule has 0 aromatic heterocycles. The quantitative estimate of drug-likeness (QED) is 0.285. The van der Waals surface area contributed by atoms with Gasteiger partial charge in [0.15, 0.2) is 0 Å². The summed E-state index contributed by atoms with van der Waals surface area (Å²) in [5, 5.41) is 0. The Bertz CT molecular complexity index is 120. The second kappa shape index (κ2) is 7.50. The highest BCUT2D eigenvalue weighted by Gasteiger charge is 2.17. The molecular weight excluding hydrogens is 182 g/mol. The zero-order valence-electron chi connectivity index (χ0n) is 9.14. The smallest absolute Gasteiger partial charge is 0.0819 e. The monoisotopic (exact) mass is 205 g/mol. The molecule has 0 spiro atoms. The summed E-state index contributed by atoms with van der Waals surface area (Å²) in [6, 6.07) is 1.22. The van der Waals surface area contributed by atoms with Crippen molar-refractivity contribution in [1.29, 1.82) is 0 Å². The first-order valence-electron chi connectivity index (χ1n) is 5.07. The van der Waals surface area contributed by atoms with E-state index in [9.17, 15) is 0 Å². The van der Waals surface area contributed by atoms with Gasteiger partial charge in [-0.15, -0.1) is 0 Å². The lowest BCUT2D eigenvalue weighted by Gasteiger charge is -2.18. The Labute approximate surface area is 82.5 Å². The van der Waals surface area contributed by atoms with Crippen LogP contribution in [0.5, 0.6) is 0 Å². The highest BCUT2D eigenvalue weighted by molar-refractivity contribution is 6.77. The fourth-order valence-electron chi connectivity index (χ4n) is 0.913. The summed E-state index contributed by atoms with van der Waals surface area (Å²) in [7, 11) is -1.10. The van der Waals surface area contributed by atoms with E-state index in [2.05, 4.69) is 20.0 Å². The number of rotatable bonds is 8. The van der Waals surface area contributed by atoms with Gasteiger partial charge in [-0.2, -0.15) is 0 Å². The molecule has 0 radical (unpaired) electrons. The van der Waals surface area contributed by atoms with E-state index < -0.39 is 8.07 Å². The van der Waals surface area contributed by atoms with Crippen LogP contribution in [0.25, 0.3) is 0 Å². The molecule has 0 fully saturated rings. The van der Waals surface area contributed by atoms with Crippen molar-refractivity contribution in [3.63, 3.8) is 0 Å². The normalized spacial score (nSPS) is 12.0. The minimum atomic E-state index is -1.10. The Morgan fingerprint density at radius 2 is 1.77 bits per heavy atom. The van der Waals surface area contributed by atoms with Crippen LogP contribution < -0.4 is 5.73 Å². The molecule has 0 aromatic rings.